The molecule has 29 heavy (non-hydrogen) atoms. The van der Waals surface area contributed by atoms with Gasteiger partial charge in [-0.1, -0.05) is 54.6 Å². The quantitative estimate of drug-likeness (QED) is 0.671. The highest BCUT2D eigenvalue weighted by Crippen LogP contribution is 2.24. The fourth-order valence-corrected chi connectivity index (χ4v) is 3.77. The number of nitrogens with one attached hydrogen (secondary N) is 1. The summed E-state index contributed by atoms with van der Waals surface area (Å²) in [7, 11) is 0. The third-order valence-electron chi connectivity index (χ3n) is 5.40. The summed E-state index contributed by atoms with van der Waals surface area (Å²) >= 11 is 0. The topological polar surface area (TPSA) is 86.7 Å². The van der Waals surface area contributed by atoms with Gasteiger partial charge < -0.3 is 14.8 Å². The average Bonchev–Trinajstić information content (AvgIpc) is 2.75. The Morgan fingerprint density at radius 2 is 1.79 bits per heavy atom. The van der Waals surface area contributed by atoms with Crippen molar-refractivity contribution in [2.75, 3.05) is 0 Å². The van der Waals surface area contributed by atoms with E-state index in [-0.39, 0.29) is 18.9 Å². The van der Waals surface area contributed by atoms with Crippen LogP contribution >= 0.6 is 0 Å². The molecule has 3 unspecified atom stereocenters. The zero-order valence-corrected chi connectivity index (χ0v) is 16.5. The van der Waals surface area contributed by atoms with E-state index in [9.17, 15) is 19.5 Å². The van der Waals surface area contributed by atoms with E-state index in [1.807, 2.05) is 54.6 Å². The third-order valence-corrected chi connectivity index (χ3v) is 5.40. The van der Waals surface area contributed by atoms with Crippen LogP contribution in [0.1, 0.15) is 30.0 Å². The molecule has 3 atom stereocenters. The molecule has 2 N–H and O–H groups in total. The molecule has 6 nitrogen and oxygen atoms in total. The van der Waals surface area contributed by atoms with Crippen LogP contribution in [-0.2, 0) is 33.8 Å². The van der Waals surface area contributed by atoms with Gasteiger partial charge in [-0.05, 0) is 36.5 Å². The van der Waals surface area contributed by atoms with Crippen LogP contribution in [0.25, 0.3) is 0 Å². The summed E-state index contributed by atoms with van der Waals surface area (Å²) in [5.41, 5.74) is 3.04. The second-order valence-corrected chi connectivity index (χ2v) is 7.45. The zero-order valence-electron chi connectivity index (χ0n) is 16.5. The Morgan fingerprint density at radius 1 is 1.14 bits per heavy atom. The number of carbonyl (C=O) groups is 3. The molecule has 1 aliphatic rings. The lowest BCUT2D eigenvalue weighted by Crippen LogP contribution is -2.55. The minimum atomic E-state index is -1.02. The lowest BCUT2D eigenvalue weighted by molar-refractivity contribution is -0.152. The molecule has 3 rings (SSSR count). The number of aryl methyl sites for hydroxylation is 1. The molecule has 0 radical (unpaired) electrons. The minimum Gasteiger partial charge on any atom is -0.480 e. The van der Waals surface area contributed by atoms with Gasteiger partial charge in [-0.25, -0.2) is 4.79 Å². The van der Waals surface area contributed by atoms with Gasteiger partial charge in [0.2, 0.25) is 5.91 Å². The first-order chi connectivity index (χ1) is 14.0. The summed E-state index contributed by atoms with van der Waals surface area (Å²) in [5.74, 6) is -1.32. The first-order valence-electron chi connectivity index (χ1n) is 9.85. The maximum absolute atomic E-state index is 13.0. The highest BCUT2D eigenvalue weighted by Gasteiger charge is 2.36. The van der Waals surface area contributed by atoms with E-state index in [2.05, 4.69) is 5.32 Å². The molecule has 1 amide bonds. The Bertz CT molecular complexity index is 868. The molecule has 0 saturated carbocycles. The van der Waals surface area contributed by atoms with Gasteiger partial charge in [0.15, 0.2) is 0 Å². The number of nitrogens with zero attached hydrogens (tertiary/aromatic N) is 1. The molecular formula is C23H26N2O4. The highest BCUT2D eigenvalue weighted by atomic mass is 16.4. The number of benzene rings is 2. The molecule has 0 spiro atoms. The number of fused-ring (bicyclic) bond motifs is 1. The van der Waals surface area contributed by atoms with Crippen LogP contribution in [0.2, 0.25) is 0 Å². The molecule has 0 fully saturated rings. The monoisotopic (exact) mass is 394 g/mol. The summed E-state index contributed by atoms with van der Waals surface area (Å²) in [6, 6.07) is 15.4. The van der Waals surface area contributed by atoms with E-state index in [0.29, 0.717) is 12.8 Å². The maximum atomic E-state index is 13.0. The number of amides is 1. The molecular weight excluding hydrogens is 368 g/mol. The lowest BCUT2D eigenvalue weighted by atomic mass is 9.93. The number of carboxylic acids is 1. The van der Waals surface area contributed by atoms with E-state index < -0.39 is 24.1 Å². The third kappa shape index (κ3) is 5.09. The van der Waals surface area contributed by atoms with E-state index >= 15 is 0 Å². The van der Waals surface area contributed by atoms with Crippen molar-refractivity contribution in [1.82, 2.24) is 10.2 Å². The molecule has 152 valence electrons. The number of aldehydes is 1. The largest absolute Gasteiger partial charge is 0.480 e. The Labute approximate surface area is 170 Å². The van der Waals surface area contributed by atoms with Crippen molar-refractivity contribution < 1.29 is 19.5 Å². The number of carboxylic acid groups (broad SMARTS) is 1. The summed E-state index contributed by atoms with van der Waals surface area (Å²) < 4.78 is 0. The van der Waals surface area contributed by atoms with Gasteiger partial charge in [0.25, 0.3) is 0 Å². The second kappa shape index (κ2) is 9.47. The number of aliphatic carboxylic acids is 1. The molecule has 2 aromatic rings. The van der Waals surface area contributed by atoms with Crippen LogP contribution in [0.15, 0.2) is 54.6 Å². The highest BCUT2D eigenvalue weighted by molar-refractivity contribution is 5.87. The Hall–Kier alpha value is -2.99. The van der Waals surface area contributed by atoms with Gasteiger partial charge in [-0.2, -0.15) is 0 Å². The zero-order chi connectivity index (χ0) is 20.8. The van der Waals surface area contributed by atoms with E-state index in [4.69, 9.17) is 0 Å². The van der Waals surface area contributed by atoms with Crippen molar-refractivity contribution in [3.8, 4) is 0 Å². The Balaban J connectivity index is 1.65. The van der Waals surface area contributed by atoms with E-state index in [0.717, 1.165) is 23.0 Å². The summed E-state index contributed by atoms with van der Waals surface area (Å²) in [5, 5.41) is 12.7. The van der Waals surface area contributed by atoms with Crippen LogP contribution in [-0.4, -0.2) is 46.3 Å². The van der Waals surface area contributed by atoms with Crippen LogP contribution < -0.4 is 5.32 Å². The smallest absolute Gasteiger partial charge is 0.326 e. The predicted octanol–water partition coefficient (Wildman–Crippen LogP) is 2.20. The molecule has 1 heterocycles. The molecule has 0 saturated heterocycles. The van der Waals surface area contributed by atoms with E-state index in [1.54, 1.807) is 6.92 Å². The van der Waals surface area contributed by atoms with Gasteiger partial charge in [0.1, 0.15) is 12.3 Å². The average molecular weight is 394 g/mol. The summed E-state index contributed by atoms with van der Waals surface area (Å²) in [6.07, 6.45) is 2.38. The van der Waals surface area contributed by atoms with Crippen molar-refractivity contribution in [2.45, 2.75) is 50.9 Å². The fraction of sp³-hybridized carbons (Fsp3) is 0.348. The summed E-state index contributed by atoms with van der Waals surface area (Å²) in [6.45, 7) is 1.94. The number of hydrogen-bond donors (Lipinski definition) is 2. The molecule has 1 aliphatic heterocycles. The number of carbonyl (C=O) groups excluding carboxylic acids is 2. The van der Waals surface area contributed by atoms with Crippen LogP contribution in [0.3, 0.4) is 0 Å². The van der Waals surface area contributed by atoms with Gasteiger partial charge in [-0.3, -0.25) is 10.1 Å². The Morgan fingerprint density at radius 3 is 2.45 bits per heavy atom. The molecule has 2 aromatic carbocycles. The molecule has 0 bridgehead atoms. The molecule has 6 heteroatoms. The molecule has 0 aliphatic carbocycles. The van der Waals surface area contributed by atoms with Crippen molar-refractivity contribution in [1.29, 1.82) is 0 Å². The van der Waals surface area contributed by atoms with Crippen molar-refractivity contribution >= 4 is 18.2 Å². The number of hydrogen-bond acceptors (Lipinski definition) is 4. The first-order valence-corrected chi connectivity index (χ1v) is 9.85. The van der Waals surface area contributed by atoms with Crippen molar-refractivity contribution in [3.63, 3.8) is 0 Å². The Kier molecular flexibility index (Phi) is 6.77. The van der Waals surface area contributed by atoms with Gasteiger partial charge in [-0.15, -0.1) is 0 Å². The van der Waals surface area contributed by atoms with E-state index in [1.165, 1.54) is 4.90 Å². The van der Waals surface area contributed by atoms with Gasteiger partial charge >= 0.3 is 5.97 Å². The van der Waals surface area contributed by atoms with Crippen molar-refractivity contribution in [3.05, 3.63) is 71.3 Å². The van der Waals surface area contributed by atoms with Gasteiger partial charge in [0.05, 0.1) is 12.1 Å². The fourth-order valence-electron chi connectivity index (χ4n) is 3.77. The van der Waals surface area contributed by atoms with Crippen LogP contribution in [0, 0.1) is 0 Å². The normalized spacial score (nSPS) is 17.8. The predicted molar refractivity (Wildman–Crippen MR) is 109 cm³/mol. The molecule has 0 aromatic heterocycles. The summed E-state index contributed by atoms with van der Waals surface area (Å²) in [4.78, 5) is 37.7. The lowest BCUT2D eigenvalue weighted by Gasteiger charge is -2.36. The number of rotatable bonds is 8. The van der Waals surface area contributed by atoms with Crippen LogP contribution in [0.5, 0.6) is 0 Å². The first kappa shape index (κ1) is 20.7. The van der Waals surface area contributed by atoms with Crippen molar-refractivity contribution in [2.24, 2.45) is 0 Å². The second-order valence-electron chi connectivity index (χ2n) is 7.45. The maximum Gasteiger partial charge on any atom is 0.326 e. The minimum absolute atomic E-state index is 0.258. The SMILES string of the molecule is CC(NC(C=O)CCc1ccccc1)C(=O)N1Cc2ccccc2CC1C(=O)O. The standard InChI is InChI=1S/C23H26N2O4/c1-16(24-20(15-26)12-11-17-7-3-2-4-8-17)22(27)25-14-19-10-6-5-9-18(19)13-21(25)23(28)29/h2-10,15-16,20-21,24H,11-14H2,1H3,(H,28,29). The van der Waals surface area contributed by atoms with Gasteiger partial charge in [0, 0.05) is 13.0 Å². The van der Waals surface area contributed by atoms with Crippen LogP contribution in [0.4, 0.5) is 0 Å².